The standard InChI is InChI=1S/C17H34N2O6/c1-3-20-13-17(14-21-4-2,15-24-11-9-22-7-5-18)16-25-12-10-23-8-6-19/h5-8H,3-4,9-16,18-19H2,1-2H3/b7-5+,8-6+. The zero-order valence-electron chi connectivity index (χ0n) is 15.5. The molecule has 0 bridgehead atoms. The highest BCUT2D eigenvalue weighted by atomic mass is 16.5. The fourth-order valence-corrected chi connectivity index (χ4v) is 1.93. The minimum Gasteiger partial charge on any atom is -0.497 e. The van der Waals surface area contributed by atoms with Crippen molar-refractivity contribution in [3.63, 3.8) is 0 Å². The highest BCUT2D eigenvalue weighted by molar-refractivity contribution is 4.79. The van der Waals surface area contributed by atoms with Gasteiger partial charge in [0, 0.05) is 25.6 Å². The lowest BCUT2D eigenvalue weighted by Gasteiger charge is -2.32. The lowest BCUT2D eigenvalue weighted by molar-refractivity contribution is -0.109. The molecule has 0 unspecified atom stereocenters. The summed E-state index contributed by atoms with van der Waals surface area (Å²) in [5, 5.41) is 0. The second-order valence-corrected chi connectivity index (χ2v) is 5.28. The van der Waals surface area contributed by atoms with Crippen LogP contribution < -0.4 is 11.5 Å². The molecular formula is C17H34N2O6. The van der Waals surface area contributed by atoms with Gasteiger partial charge in [-0.05, 0) is 13.8 Å². The summed E-state index contributed by atoms with van der Waals surface area (Å²) in [4.78, 5) is 0. The van der Waals surface area contributed by atoms with Crippen LogP contribution in [0.4, 0.5) is 0 Å². The van der Waals surface area contributed by atoms with Crippen LogP contribution in [0, 0.1) is 5.41 Å². The molecule has 0 fully saturated rings. The van der Waals surface area contributed by atoms with Crippen molar-refractivity contribution < 1.29 is 28.4 Å². The first-order valence-corrected chi connectivity index (χ1v) is 8.52. The van der Waals surface area contributed by atoms with Gasteiger partial charge >= 0.3 is 0 Å². The largest absolute Gasteiger partial charge is 0.497 e. The Morgan fingerprint density at radius 2 is 1.04 bits per heavy atom. The maximum absolute atomic E-state index is 5.74. The monoisotopic (exact) mass is 362 g/mol. The van der Waals surface area contributed by atoms with E-state index in [-0.39, 0.29) is 5.41 Å². The highest BCUT2D eigenvalue weighted by Crippen LogP contribution is 2.20. The van der Waals surface area contributed by atoms with E-state index < -0.39 is 0 Å². The summed E-state index contributed by atoms with van der Waals surface area (Å²) in [6.07, 6.45) is 5.53. The van der Waals surface area contributed by atoms with Gasteiger partial charge in [-0.1, -0.05) is 0 Å². The lowest BCUT2D eigenvalue weighted by Crippen LogP contribution is -2.42. The van der Waals surface area contributed by atoms with E-state index >= 15 is 0 Å². The van der Waals surface area contributed by atoms with Gasteiger partial charge in [-0.25, -0.2) is 0 Å². The average Bonchev–Trinajstić information content (AvgIpc) is 2.63. The van der Waals surface area contributed by atoms with E-state index in [0.717, 1.165) is 0 Å². The Morgan fingerprint density at radius 1 is 0.640 bits per heavy atom. The first-order chi connectivity index (χ1) is 12.2. The van der Waals surface area contributed by atoms with Crippen LogP contribution in [0.2, 0.25) is 0 Å². The van der Waals surface area contributed by atoms with Crippen LogP contribution >= 0.6 is 0 Å². The minimum absolute atomic E-state index is 0.389. The molecule has 0 aromatic heterocycles. The van der Waals surface area contributed by atoms with Crippen molar-refractivity contribution in [1.29, 1.82) is 0 Å². The topological polar surface area (TPSA) is 107 Å². The number of ether oxygens (including phenoxy) is 6. The molecule has 0 aromatic carbocycles. The van der Waals surface area contributed by atoms with Crippen molar-refractivity contribution in [1.82, 2.24) is 0 Å². The summed E-state index contributed by atoms with van der Waals surface area (Å²) in [7, 11) is 0. The smallest absolute Gasteiger partial charge is 0.111 e. The molecule has 0 aliphatic rings. The number of hydrogen-bond acceptors (Lipinski definition) is 8. The first kappa shape index (κ1) is 23.5. The fourth-order valence-electron chi connectivity index (χ4n) is 1.93. The van der Waals surface area contributed by atoms with E-state index in [2.05, 4.69) is 0 Å². The number of hydrogen-bond donors (Lipinski definition) is 2. The van der Waals surface area contributed by atoms with Crippen molar-refractivity contribution in [3.05, 3.63) is 24.9 Å². The summed E-state index contributed by atoms with van der Waals surface area (Å²) in [6.45, 7) is 8.70. The maximum Gasteiger partial charge on any atom is 0.111 e. The molecule has 8 heteroatoms. The summed E-state index contributed by atoms with van der Waals surface area (Å²) in [5.74, 6) is 0. The van der Waals surface area contributed by atoms with Gasteiger partial charge < -0.3 is 39.9 Å². The predicted molar refractivity (Wildman–Crippen MR) is 95.6 cm³/mol. The number of nitrogens with two attached hydrogens (primary N) is 2. The molecule has 0 heterocycles. The SMILES string of the molecule is CCOCC(COCC)(COCCO/C=C/N)COCCO/C=C/N. The third-order valence-corrected chi connectivity index (χ3v) is 3.08. The zero-order valence-corrected chi connectivity index (χ0v) is 15.5. The third-order valence-electron chi connectivity index (χ3n) is 3.08. The molecule has 0 rings (SSSR count). The second kappa shape index (κ2) is 17.3. The highest BCUT2D eigenvalue weighted by Gasteiger charge is 2.32. The van der Waals surface area contributed by atoms with Crippen LogP contribution in [0.3, 0.4) is 0 Å². The molecule has 0 saturated carbocycles. The van der Waals surface area contributed by atoms with Crippen LogP contribution in [0.1, 0.15) is 13.8 Å². The zero-order chi connectivity index (χ0) is 18.6. The summed E-state index contributed by atoms with van der Waals surface area (Å²) < 4.78 is 33.0. The van der Waals surface area contributed by atoms with Crippen molar-refractivity contribution in [2.45, 2.75) is 13.8 Å². The molecular weight excluding hydrogens is 328 g/mol. The minimum atomic E-state index is -0.389. The number of rotatable bonds is 18. The molecule has 0 aliphatic heterocycles. The molecule has 0 spiro atoms. The molecule has 0 saturated heterocycles. The molecule has 0 aliphatic carbocycles. The molecule has 25 heavy (non-hydrogen) atoms. The molecule has 4 N–H and O–H groups in total. The molecule has 8 nitrogen and oxygen atoms in total. The van der Waals surface area contributed by atoms with Crippen LogP contribution in [-0.2, 0) is 28.4 Å². The molecule has 0 amide bonds. The Kier molecular flexibility index (Phi) is 16.3. The first-order valence-electron chi connectivity index (χ1n) is 8.52. The van der Waals surface area contributed by atoms with Gasteiger partial charge in [-0.3, -0.25) is 0 Å². The average molecular weight is 362 g/mol. The van der Waals surface area contributed by atoms with Crippen LogP contribution in [-0.4, -0.2) is 66.1 Å². The van der Waals surface area contributed by atoms with E-state index in [4.69, 9.17) is 39.9 Å². The summed E-state index contributed by atoms with van der Waals surface area (Å²) in [6, 6.07) is 0. The Hall–Kier alpha value is -1.48. The normalized spacial score (nSPS) is 12.2. The van der Waals surface area contributed by atoms with Gasteiger partial charge in [-0.2, -0.15) is 0 Å². The van der Waals surface area contributed by atoms with Crippen molar-refractivity contribution in [3.8, 4) is 0 Å². The third kappa shape index (κ3) is 13.5. The molecule has 0 atom stereocenters. The Labute approximate surface area is 151 Å². The Morgan fingerprint density at radius 3 is 1.40 bits per heavy atom. The van der Waals surface area contributed by atoms with Gasteiger partial charge in [0.05, 0.1) is 57.6 Å². The molecule has 0 aromatic rings. The maximum atomic E-state index is 5.74. The van der Waals surface area contributed by atoms with Gasteiger partial charge in [-0.15, -0.1) is 0 Å². The lowest BCUT2D eigenvalue weighted by atomic mass is 9.92. The predicted octanol–water partition coefficient (Wildman–Crippen LogP) is 0.972. The molecule has 148 valence electrons. The summed E-state index contributed by atoms with van der Waals surface area (Å²) >= 11 is 0. The van der Waals surface area contributed by atoms with E-state index in [1.54, 1.807) is 0 Å². The van der Waals surface area contributed by atoms with E-state index in [1.165, 1.54) is 24.9 Å². The van der Waals surface area contributed by atoms with Crippen LogP contribution in [0.25, 0.3) is 0 Å². The van der Waals surface area contributed by atoms with Crippen LogP contribution in [0.5, 0.6) is 0 Å². The van der Waals surface area contributed by atoms with Gasteiger partial charge in [0.2, 0.25) is 0 Å². The Bertz CT molecular complexity index is 307. The van der Waals surface area contributed by atoms with Crippen molar-refractivity contribution >= 4 is 0 Å². The fraction of sp³-hybridized carbons (Fsp3) is 0.765. The van der Waals surface area contributed by atoms with E-state index in [1.807, 2.05) is 13.8 Å². The Balaban J connectivity index is 4.44. The van der Waals surface area contributed by atoms with Gasteiger partial charge in [0.15, 0.2) is 0 Å². The van der Waals surface area contributed by atoms with Crippen LogP contribution in [0.15, 0.2) is 24.9 Å². The van der Waals surface area contributed by atoms with E-state index in [9.17, 15) is 0 Å². The molecule has 0 radical (unpaired) electrons. The van der Waals surface area contributed by atoms with Gasteiger partial charge in [0.25, 0.3) is 0 Å². The quantitative estimate of drug-likeness (QED) is 0.274. The van der Waals surface area contributed by atoms with E-state index in [0.29, 0.717) is 66.1 Å². The second-order valence-electron chi connectivity index (χ2n) is 5.28. The van der Waals surface area contributed by atoms with Crippen molar-refractivity contribution in [2.24, 2.45) is 16.9 Å². The van der Waals surface area contributed by atoms with Crippen molar-refractivity contribution in [2.75, 3.05) is 66.1 Å². The summed E-state index contributed by atoms with van der Waals surface area (Å²) in [5.41, 5.74) is 10.0. The van der Waals surface area contributed by atoms with Gasteiger partial charge in [0.1, 0.15) is 13.2 Å².